The van der Waals surface area contributed by atoms with E-state index < -0.39 is 17.9 Å². The number of H-pyrrole nitrogens is 1. The molecule has 4 amide bonds. The first-order valence-electron chi connectivity index (χ1n) is 15.8. The Morgan fingerprint density at radius 2 is 1.67 bits per heavy atom. The Bertz CT molecular complexity index is 1700. The molecule has 3 aliphatic heterocycles. The number of piperazine rings is 1. The van der Waals surface area contributed by atoms with Crippen LogP contribution in [0.1, 0.15) is 67.7 Å². The number of amides is 4. The van der Waals surface area contributed by atoms with Crippen LogP contribution in [0.2, 0.25) is 0 Å². The van der Waals surface area contributed by atoms with Gasteiger partial charge in [0.25, 0.3) is 17.7 Å². The van der Waals surface area contributed by atoms with E-state index in [4.69, 9.17) is 5.73 Å². The highest BCUT2D eigenvalue weighted by atomic mass is 16.2. The summed E-state index contributed by atoms with van der Waals surface area (Å²) in [4.78, 5) is 62.4. The van der Waals surface area contributed by atoms with Gasteiger partial charge in [-0.15, -0.1) is 0 Å². The summed E-state index contributed by atoms with van der Waals surface area (Å²) in [7, 11) is 2.17. The maximum absolute atomic E-state index is 13.7. The summed E-state index contributed by atoms with van der Waals surface area (Å²) in [5.74, 6) is -1.49. The molecule has 6 rings (SSSR count). The zero-order valence-corrected chi connectivity index (χ0v) is 26.6. The molecule has 0 aliphatic carbocycles. The van der Waals surface area contributed by atoms with Gasteiger partial charge in [0.05, 0.1) is 11.1 Å². The van der Waals surface area contributed by atoms with E-state index in [1.807, 2.05) is 24.8 Å². The lowest BCUT2D eigenvalue weighted by Gasteiger charge is -2.42. The Balaban J connectivity index is 1.19. The van der Waals surface area contributed by atoms with Crippen LogP contribution in [-0.2, 0) is 9.59 Å². The van der Waals surface area contributed by atoms with Gasteiger partial charge in [-0.3, -0.25) is 24.1 Å². The molecule has 11 nitrogen and oxygen atoms in total. The molecule has 5 N–H and O–H groups in total. The number of likely N-dealkylation sites (tertiary alicyclic amines) is 1. The monoisotopic (exact) mass is 623 g/mol. The molecule has 1 atom stereocenters. The lowest BCUT2D eigenvalue weighted by Crippen LogP contribution is -2.54. The van der Waals surface area contributed by atoms with Gasteiger partial charge >= 0.3 is 0 Å². The third-order valence-electron chi connectivity index (χ3n) is 9.54. The molecular formula is C35H41N7O4. The third-order valence-corrected chi connectivity index (χ3v) is 9.54. The second-order valence-electron chi connectivity index (χ2n) is 12.5. The van der Waals surface area contributed by atoms with Gasteiger partial charge in [-0.1, -0.05) is 30.3 Å². The Labute approximate surface area is 268 Å². The summed E-state index contributed by atoms with van der Waals surface area (Å²) in [6, 6.07) is 13.2. The molecule has 3 aromatic rings. The number of nitrogens with two attached hydrogens (primary N) is 1. The smallest absolute Gasteiger partial charge is 0.256 e. The van der Waals surface area contributed by atoms with Crippen molar-refractivity contribution in [3.8, 4) is 0 Å². The van der Waals surface area contributed by atoms with Crippen molar-refractivity contribution in [3.05, 3.63) is 87.7 Å². The highest BCUT2D eigenvalue weighted by Gasteiger charge is 2.31. The number of piperidine rings is 1. The second-order valence-corrected chi connectivity index (χ2v) is 12.5. The minimum atomic E-state index is -1.01. The number of rotatable bonds is 7. The van der Waals surface area contributed by atoms with E-state index in [1.165, 1.54) is 12.8 Å². The molecule has 2 fully saturated rings. The van der Waals surface area contributed by atoms with Crippen molar-refractivity contribution >= 4 is 41.0 Å². The lowest BCUT2D eigenvalue weighted by molar-refractivity contribution is -0.120. The molecule has 0 bridgehead atoms. The summed E-state index contributed by atoms with van der Waals surface area (Å²) in [6.07, 6.45) is 4.07. The lowest BCUT2D eigenvalue weighted by atomic mass is 10.0. The maximum atomic E-state index is 13.7. The Morgan fingerprint density at radius 3 is 2.35 bits per heavy atom. The number of benzene rings is 2. The quantitative estimate of drug-likeness (QED) is 0.298. The number of hydrogen-bond donors (Lipinski definition) is 4. The molecule has 0 saturated carbocycles. The molecule has 46 heavy (non-hydrogen) atoms. The number of primary amides is 1. The van der Waals surface area contributed by atoms with E-state index >= 15 is 0 Å². The van der Waals surface area contributed by atoms with Crippen molar-refractivity contribution in [2.24, 2.45) is 5.73 Å². The van der Waals surface area contributed by atoms with Crippen LogP contribution in [0, 0.1) is 13.8 Å². The fraction of sp³-hybridized carbons (Fsp3) is 0.371. The Hall–Kier alpha value is -4.74. The molecule has 2 saturated heterocycles. The minimum Gasteiger partial charge on any atom is -0.368 e. The predicted octanol–water partition coefficient (Wildman–Crippen LogP) is 2.93. The number of anilines is 1. The molecule has 1 aromatic heterocycles. The summed E-state index contributed by atoms with van der Waals surface area (Å²) in [5, 5.41) is 5.57. The van der Waals surface area contributed by atoms with Gasteiger partial charge in [0.15, 0.2) is 0 Å². The number of aromatic amines is 1. The SMILES string of the molecule is Cc1[nH]c(/C=C2\C(=O)Nc3ccc(C(=O)N[C@@H](C(N)=O)c4ccccc4)cc32)c(C)c1C(=O)N1CCN(C2CCN(C)CC2)CC1. The maximum Gasteiger partial charge on any atom is 0.256 e. The summed E-state index contributed by atoms with van der Waals surface area (Å²) >= 11 is 0. The van der Waals surface area contributed by atoms with Crippen LogP contribution in [0.4, 0.5) is 5.69 Å². The molecule has 0 spiro atoms. The van der Waals surface area contributed by atoms with Crippen LogP contribution in [0.3, 0.4) is 0 Å². The average molecular weight is 624 g/mol. The number of hydrogen-bond acceptors (Lipinski definition) is 6. The van der Waals surface area contributed by atoms with Crippen LogP contribution in [0.5, 0.6) is 0 Å². The van der Waals surface area contributed by atoms with Crippen LogP contribution < -0.4 is 16.4 Å². The van der Waals surface area contributed by atoms with Gasteiger partial charge in [-0.05, 0) is 82.2 Å². The number of fused-ring (bicyclic) bond motifs is 1. The normalized spacial score (nSPS) is 19.2. The number of carbonyl (C=O) groups is 4. The molecule has 0 radical (unpaired) electrons. The molecule has 240 valence electrons. The highest BCUT2D eigenvalue weighted by Crippen LogP contribution is 2.35. The average Bonchev–Trinajstić information content (AvgIpc) is 3.52. The van der Waals surface area contributed by atoms with Gasteiger partial charge in [-0.25, -0.2) is 0 Å². The summed E-state index contributed by atoms with van der Waals surface area (Å²) < 4.78 is 0. The number of carbonyl (C=O) groups excluding carboxylic acids is 4. The number of aryl methyl sites for hydroxylation is 1. The fourth-order valence-electron chi connectivity index (χ4n) is 6.84. The van der Waals surface area contributed by atoms with Gasteiger partial charge in [-0.2, -0.15) is 0 Å². The van der Waals surface area contributed by atoms with Gasteiger partial charge in [0.1, 0.15) is 6.04 Å². The molecule has 0 unspecified atom stereocenters. The zero-order chi connectivity index (χ0) is 32.5. The van der Waals surface area contributed by atoms with E-state index in [-0.39, 0.29) is 17.4 Å². The van der Waals surface area contributed by atoms with Gasteiger partial charge < -0.3 is 31.2 Å². The van der Waals surface area contributed by atoms with Crippen molar-refractivity contribution in [1.82, 2.24) is 25.0 Å². The van der Waals surface area contributed by atoms with E-state index in [1.54, 1.807) is 48.5 Å². The van der Waals surface area contributed by atoms with Gasteiger partial charge in [0.2, 0.25) is 5.91 Å². The van der Waals surface area contributed by atoms with Crippen molar-refractivity contribution in [3.63, 3.8) is 0 Å². The summed E-state index contributed by atoms with van der Waals surface area (Å²) in [5.41, 5.74) is 10.8. The molecular weight excluding hydrogens is 582 g/mol. The first-order chi connectivity index (χ1) is 22.1. The van der Waals surface area contributed by atoms with E-state index in [0.717, 1.165) is 37.4 Å². The van der Waals surface area contributed by atoms with Crippen LogP contribution >= 0.6 is 0 Å². The third kappa shape index (κ3) is 6.20. The number of aromatic nitrogens is 1. The molecule has 2 aromatic carbocycles. The Morgan fingerprint density at radius 1 is 0.978 bits per heavy atom. The van der Waals surface area contributed by atoms with Gasteiger partial charge in [0, 0.05) is 60.4 Å². The minimum absolute atomic E-state index is 0.00317. The molecule has 3 aliphatic rings. The number of nitrogens with zero attached hydrogens (tertiary/aromatic N) is 3. The first-order valence-corrected chi connectivity index (χ1v) is 15.8. The van der Waals surface area contributed by atoms with Crippen molar-refractivity contribution in [2.45, 2.75) is 38.8 Å². The Kier molecular flexibility index (Phi) is 8.79. The number of nitrogens with one attached hydrogen (secondary N) is 3. The zero-order valence-electron chi connectivity index (χ0n) is 26.6. The van der Waals surface area contributed by atoms with Crippen LogP contribution in [-0.4, -0.2) is 95.7 Å². The summed E-state index contributed by atoms with van der Waals surface area (Å²) in [6.45, 7) is 9.12. The van der Waals surface area contributed by atoms with Crippen molar-refractivity contribution in [2.75, 3.05) is 51.6 Å². The van der Waals surface area contributed by atoms with Crippen molar-refractivity contribution in [1.29, 1.82) is 0 Å². The standard InChI is InChI=1S/C35H41N7O4/c1-21-29(37-22(2)30(21)35(46)42-17-15-41(16-18-42)25-11-13-40(3)14-12-25)20-27-26-19-24(9-10-28(26)38-34(27)45)33(44)39-31(32(36)43)23-7-5-4-6-8-23/h4-10,19-20,25,31,37H,11-18H2,1-3H3,(H2,36,43)(H,38,45)(H,39,44)/b27-20-/t31-/m1/s1. The van der Waals surface area contributed by atoms with Crippen LogP contribution in [0.15, 0.2) is 48.5 Å². The largest absolute Gasteiger partial charge is 0.368 e. The van der Waals surface area contributed by atoms with E-state index in [0.29, 0.717) is 52.8 Å². The molecule has 11 heteroatoms. The topological polar surface area (TPSA) is 144 Å². The molecule has 4 heterocycles. The van der Waals surface area contributed by atoms with Crippen LogP contribution in [0.25, 0.3) is 11.6 Å². The second kappa shape index (κ2) is 12.9. The fourth-order valence-corrected chi connectivity index (χ4v) is 6.84. The first kappa shape index (κ1) is 31.3. The predicted molar refractivity (Wildman–Crippen MR) is 177 cm³/mol. The van der Waals surface area contributed by atoms with E-state index in [9.17, 15) is 19.2 Å². The van der Waals surface area contributed by atoms with E-state index in [2.05, 4.69) is 32.5 Å². The van der Waals surface area contributed by atoms with Crippen molar-refractivity contribution < 1.29 is 19.2 Å². The highest BCUT2D eigenvalue weighted by molar-refractivity contribution is 6.35.